The molecule has 23 heavy (non-hydrogen) atoms. The monoisotopic (exact) mass is 374 g/mol. The second kappa shape index (κ2) is 8.85. The zero-order valence-corrected chi connectivity index (χ0v) is 15.2. The summed E-state index contributed by atoms with van der Waals surface area (Å²) in [7, 11) is 0. The molecule has 1 atom stereocenters. The van der Waals surface area contributed by atoms with Crippen molar-refractivity contribution in [2.24, 2.45) is 0 Å². The predicted molar refractivity (Wildman–Crippen MR) is 98.6 cm³/mol. The van der Waals surface area contributed by atoms with E-state index in [4.69, 9.17) is 0 Å². The molecule has 2 rings (SSSR count). The van der Waals surface area contributed by atoms with Crippen LogP contribution in [0, 0.1) is 0 Å². The minimum absolute atomic E-state index is 0.0504. The van der Waals surface area contributed by atoms with Crippen molar-refractivity contribution in [3.63, 3.8) is 0 Å². The summed E-state index contributed by atoms with van der Waals surface area (Å²) < 4.78 is 0.816. The SMILES string of the molecule is CCN(CC)C(CNC(=O)c1ccccc1Br)c1ccccc1. The summed E-state index contributed by atoms with van der Waals surface area (Å²) in [5.41, 5.74) is 1.89. The Bertz CT molecular complexity index is 626. The normalized spacial score (nSPS) is 12.2. The Morgan fingerprint density at radius 3 is 2.26 bits per heavy atom. The first-order chi connectivity index (χ1) is 11.2. The van der Waals surface area contributed by atoms with Gasteiger partial charge in [0.05, 0.1) is 11.6 Å². The highest BCUT2D eigenvalue weighted by atomic mass is 79.9. The molecule has 4 heteroatoms. The van der Waals surface area contributed by atoms with Gasteiger partial charge < -0.3 is 5.32 Å². The number of carbonyl (C=O) groups is 1. The summed E-state index contributed by atoms with van der Waals surface area (Å²) in [5, 5.41) is 3.08. The molecule has 3 nitrogen and oxygen atoms in total. The third-order valence-corrected chi connectivity index (χ3v) is 4.70. The fraction of sp³-hybridized carbons (Fsp3) is 0.316. The van der Waals surface area contributed by atoms with Gasteiger partial charge in [-0.15, -0.1) is 0 Å². The first kappa shape index (κ1) is 17.7. The fourth-order valence-corrected chi connectivity index (χ4v) is 3.19. The zero-order valence-electron chi connectivity index (χ0n) is 13.6. The van der Waals surface area contributed by atoms with Crippen LogP contribution < -0.4 is 5.32 Å². The van der Waals surface area contributed by atoms with Gasteiger partial charge in [0.15, 0.2) is 0 Å². The molecule has 0 aliphatic rings. The van der Waals surface area contributed by atoms with Crippen LogP contribution >= 0.6 is 15.9 Å². The van der Waals surface area contributed by atoms with Crippen molar-refractivity contribution in [3.05, 3.63) is 70.2 Å². The molecule has 0 aliphatic heterocycles. The standard InChI is InChI=1S/C19H23BrN2O/c1-3-22(4-2)18(15-10-6-5-7-11-15)14-21-19(23)16-12-8-9-13-17(16)20/h5-13,18H,3-4,14H2,1-2H3,(H,21,23). The lowest BCUT2D eigenvalue weighted by Gasteiger charge is -2.30. The zero-order chi connectivity index (χ0) is 16.7. The van der Waals surface area contributed by atoms with Crippen molar-refractivity contribution >= 4 is 21.8 Å². The van der Waals surface area contributed by atoms with Crippen LogP contribution in [0.15, 0.2) is 59.1 Å². The number of rotatable bonds is 7. The Kier molecular flexibility index (Phi) is 6.81. The van der Waals surface area contributed by atoms with Crippen LogP contribution in [0.5, 0.6) is 0 Å². The van der Waals surface area contributed by atoms with Crippen LogP contribution in [-0.4, -0.2) is 30.4 Å². The molecule has 2 aromatic carbocycles. The lowest BCUT2D eigenvalue weighted by molar-refractivity contribution is 0.0934. The molecule has 1 amide bonds. The van der Waals surface area contributed by atoms with E-state index in [9.17, 15) is 4.79 Å². The highest BCUT2D eigenvalue weighted by molar-refractivity contribution is 9.10. The average Bonchev–Trinajstić information content (AvgIpc) is 2.59. The Hall–Kier alpha value is -1.65. The first-order valence-corrected chi connectivity index (χ1v) is 8.78. The van der Waals surface area contributed by atoms with E-state index in [0.717, 1.165) is 17.6 Å². The van der Waals surface area contributed by atoms with Crippen molar-refractivity contribution in [1.82, 2.24) is 10.2 Å². The Morgan fingerprint density at radius 2 is 1.65 bits per heavy atom. The lowest BCUT2D eigenvalue weighted by atomic mass is 10.0. The number of halogens is 1. The molecule has 0 aromatic heterocycles. The van der Waals surface area contributed by atoms with Crippen LogP contribution in [0.3, 0.4) is 0 Å². The third-order valence-electron chi connectivity index (χ3n) is 4.01. The van der Waals surface area contributed by atoms with Crippen molar-refractivity contribution in [2.75, 3.05) is 19.6 Å². The summed E-state index contributed by atoms with van der Waals surface area (Å²) in [4.78, 5) is 14.8. The van der Waals surface area contributed by atoms with Gasteiger partial charge in [0, 0.05) is 11.0 Å². The van der Waals surface area contributed by atoms with Gasteiger partial charge >= 0.3 is 0 Å². The van der Waals surface area contributed by atoms with E-state index in [1.54, 1.807) is 0 Å². The molecule has 0 spiro atoms. The lowest BCUT2D eigenvalue weighted by Crippen LogP contribution is -2.38. The van der Waals surface area contributed by atoms with Crippen molar-refractivity contribution in [3.8, 4) is 0 Å². The number of carbonyl (C=O) groups excluding carboxylic acids is 1. The van der Waals surface area contributed by atoms with Gasteiger partial charge in [0.1, 0.15) is 0 Å². The van der Waals surface area contributed by atoms with Crippen LogP contribution in [0.25, 0.3) is 0 Å². The highest BCUT2D eigenvalue weighted by Gasteiger charge is 2.19. The molecule has 2 aromatic rings. The maximum absolute atomic E-state index is 12.4. The number of hydrogen-bond acceptors (Lipinski definition) is 2. The number of nitrogens with zero attached hydrogens (tertiary/aromatic N) is 1. The summed E-state index contributed by atoms with van der Waals surface area (Å²) in [6, 6.07) is 18.0. The molecule has 1 N–H and O–H groups in total. The molecule has 0 saturated heterocycles. The first-order valence-electron chi connectivity index (χ1n) is 7.99. The van der Waals surface area contributed by atoms with E-state index in [0.29, 0.717) is 12.1 Å². The van der Waals surface area contributed by atoms with Gasteiger partial charge in [-0.1, -0.05) is 56.3 Å². The topological polar surface area (TPSA) is 32.3 Å². The van der Waals surface area contributed by atoms with Crippen molar-refractivity contribution < 1.29 is 4.79 Å². The van der Waals surface area contributed by atoms with Crippen molar-refractivity contribution in [1.29, 1.82) is 0 Å². The maximum atomic E-state index is 12.4. The number of nitrogens with one attached hydrogen (secondary N) is 1. The number of likely N-dealkylation sites (N-methyl/N-ethyl adjacent to an activating group) is 1. The van der Waals surface area contributed by atoms with E-state index in [1.165, 1.54) is 5.56 Å². The van der Waals surface area contributed by atoms with Crippen LogP contribution in [0.4, 0.5) is 0 Å². The van der Waals surface area contributed by atoms with Gasteiger partial charge in [-0.05, 0) is 46.7 Å². The predicted octanol–water partition coefficient (Wildman–Crippen LogP) is 4.26. The molecule has 0 bridgehead atoms. The second-order valence-corrected chi connectivity index (χ2v) is 6.19. The summed E-state index contributed by atoms with van der Waals surface area (Å²) in [6.07, 6.45) is 0. The molecular weight excluding hydrogens is 352 g/mol. The molecule has 0 radical (unpaired) electrons. The highest BCUT2D eigenvalue weighted by Crippen LogP contribution is 2.20. The van der Waals surface area contributed by atoms with Crippen molar-refractivity contribution in [2.45, 2.75) is 19.9 Å². The average molecular weight is 375 g/mol. The smallest absolute Gasteiger partial charge is 0.252 e. The third kappa shape index (κ3) is 4.66. The number of hydrogen-bond donors (Lipinski definition) is 1. The van der Waals surface area contributed by atoms with E-state index < -0.39 is 0 Å². The van der Waals surface area contributed by atoms with Gasteiger partial charge in [0.25, 0.3) is 5.91 Å². The summed E-state index contributed by atoms with van der Waals surface area (Å²) in [5.74, 6) is -0.0504. The van der Waals surface area contributed by atoms with E-state index in [1.807, 2.05) is 42.5 Å². The van der Waals surface area contributed by atoms with Gasteiger partial charge in [-0.25, -0.2) is 0 Å². The quantitative estimate of drug-likeness (QED) is 0.784. The molecular formula is C19H23BrN2O. The minimum atomic E-state index is -0.0504. The van der Waals surface area contributed by atoms with Crippen LogP contribution in [0.1, 0.15) is 35.8 Å². The summed E-state index contributed by atoms with van der Waals surface area (Å²) >= 11 is 3.43. The van der Waals surface area contributed by atoms with E-state index in [-0.39, 0.29) is 11.9 Å². The van der Waals surface area contributed by atoms with E-state index >= 15 is 0 Å². The molecule has 0 aliphatic carbocycles. The molecule has 0 saturated carbocycles. The van der Waals surface area contributed by atoms with Gasteiger partial charge in [-0.3, -0.25) is 9.69 Å². The largest absolute Gasteiger partial charge is 0.350 e. The molecule has 122 valence electrons. The molecule has 0 heterocycles. The molecule has 0 fully saturated rings. The van der Waals surface area contributed by atoms with Crippen LogP contribution in [0.2, 0.25) is 0 Å². The Morgan fingerprint density at radius 1 is 1.04 bits per heavy atom. The molecule has 1 unspecified atom stereocenters. The Balaban J connectivity index is 2.12. The number of benzene rings is 2. The van der Waals surface area contributed by atoms with E-state index in [2.05, 4.69) is 52.1 Å². The number of amides is 1. The maximum Gasteiger partial charge on any atom is 0.252 e. The van der Waals surface area contributed by atoms with Gasteiger partial charge in [-0.2, -0.15) is 0 Å². The minimum Gasteiger partial charge on any atom is -0.350 e. The fourth-order valence-electron chi connectivity index (χ4n) is 2.73. The Labute approximate surface area is 146 Å². The van der Waals surface area contributed by atoms with Crippen LogP contribution in [-0.2, 0) is 0 Å². The van der Waals surface area contributed by atoms with Gasteiger partial charge in [0.2, 0.25) is 0 Å². The summed E-state index contributed by atoms with van der Waals surface area (Å²) in [6.45, 7) is 6.78. The second-order valence-electron chi connectivity index (χ2n) is 5.34.